The lowest BCUT2D eigenvalue weighted by atomic mass is 10.1. The molecule has 0 fully saturated rings. The average molecular weight is 464 g/mol. The molecule has 2 aromatic carbocycles. The third-order valence-corrected chi connectivity index (χ3v) is 5.54. The Morgan fingerprint density at radius 2 is 1.86 bits per heavy atom. The van der Waals surface area contributed by atoms with E-state index in [0.717, 1.165) is 34.3 Å². The molecule has 4 nitrogen and oxygen atoms in total. The summed E-state index contributed by atoms with van der Waals surface area (Å²) < 4.78 is 43.3. The van der Waals surface area contributed by atoms with Gasteiger partial charge in [-0.2, -0.15) is 5.10 Å². The van der Waals surface area contributed by atoms with E-state index in [2.05, 4.69) is 21.0 Å². The summed E-state index contributed by atoms with van der Waals surface area (Å²) in [5.41, 5.74) is 2.64. The summed E-state index contributed by atoms with van der Waals surface area (Å²) in [6, 6.07) is 8.10. The molecular weight excluding hydrogens is 447 g/mol. The van der Waals surface area contributed by atoms with Crippen LogP contribution in [-0.4, -0.2) is 27.6 Å². The lowest BCUT2D eigenvalue weighted by Gasteiger charge is -2.17. The number of carbonyl (C=O) groups is 1. The molecule has 0 spiro atoms. The Labute approximate surface area is 174 Å². The van der Waals surface area contributed by atoms with E-state index in [1.165, 1.54) is 21.7 Å². The number of hydrogen-bond acceptors (Lipinski definition) is 2. The van der Waals surface area contributed by atoms with Gasteiger partial charge in [0.05, 0.1) is 5.69 Å². The van der Waals surface area contributed by atoms with Crippen molar-refractivity contribution in [1.82, 2.24) is 14.7 Å². The number of halogens is 4. The highest BCUT2D eigenvalue weighted by atomic mass is 79.9. The van der Waals surface area contributed by atoms with Crippen LogP contribution >= 0.6 is 15.9 Å². The van der Waals surface area contributed by atoms with Gasteiger partial charge in [0.25, 0.3) is 5.91 Å². The highest BCUT2D eigenvalue weighted by Gasteiger charge is 2.29. The van der Waals surface area contributed by atoms with E-state index >= 15 is 0 Å². The maximum atomic E-state index is 14.1. The van der Waals surface area contributed by atoms with Gasteiger partial charge in [0.1, 0.15) is 5.82 Å². The van der Waals surface area contributed by atoms with Crippen molar-refractivity contribution in [3.8, 4) is 5.69 Å². The summed E-state index contributed by atoms with van der Waals surface area (Å²) in [4.78, 5) is 14.5. The number of nitrogens with zero attached hydrogens (tertiary/aromatic N) is 3. The van der Waals surface area contributed by atoms with Crippen molar-refractivity contribution in [2.45, 2.75) is 25.8 Å². The zero-order chi connectivity index (χ0) is 20.7. The number of hydrogen-bond donors (Lipinski definition) is 0. The molecule has 3 aromatic rings. The van der Waals surface area contributed by atoms with Crippen LogP contribution in [0.5, 0.6) is 0 Å². The van der Waals surface area contributed by atoms with Gasteiger partial charge in [-0.05, 0) is 49.6 Å². The van der Waals surface area contributed by atoms with E-state index in [4.69, 9.17) is 0 Å². The van der Waals surface area contributed by atoms with Crippen molar-refractivity contribution in [3.63, 3.8) is 0 Å². The van der Waals surface area contributed by atoms with Crippen LogP contribution in [0.25, 0.3) is 5.69 Å². The second kappa shape index (κ2) is 7.67. The SMILES string of the molecule is CN(Cc1cc(Br)ccc1F)C(=O)c1nn(-c2ccc(F)c(F)c2)c2c1CCC2. The highest BCUT2D eigenvalue weighted by Crippen LogP contribution is 2.29. The predicted octanol–water partition coefficient (Wildman–Crippen LogP) is 4.81. The highest BCUT2D eigenvalue weighted by molar-refractivity contribution is 9.10. The number of amides is 1. The minimum atomic E-state index is -0.972. The van der Waals surface area contributed by atoms with Gasteiger partial charge in [0.15, 0.2) is 17.3 Å². The summed E-state index contributed by atoms with van der Waals surface area (Å²) in [5, 5.41) is 4.41. The summed E-state index contributed by atoms with van der Waals surface area (Å²) in [6.45, 7) is 0.0803. The smallest absolute Gasteiger partial charge is 0.274 e. The zero-order valence-corrected chi connectivity index (χ0v) is 17.1. The standard InChI is InChI=1S/C21H17BrF3N3O/c1-27(11-12-9-13(22)5-7-16(12)23)21(29)20-15-3-2-4-19(15)28(26-20)14-6-8-17(24)18(25)10-14/h5-10H,2-4,11H2,1H3. The van der Waals surface area contributed by atoms with E-state index in [1.54, 1.807) is 19.2 Å². The van der Waals surface area contributed by atoms with Gasteiger partial charge in [0.2, 0.25) is 0 Å². The summed E-state index contributed by atoms with van der Waals surface area (Å²) >= 11 is 3.31. The monoisotopic (exact) mass is 463 g/mol. The van der Waals surface area contributed by atoms with Crippen LogP contribution in [0.15, 0.2) is 40.9 Å². The van der Waals surface area contributed by atoms with Gasteiger partial charge in [-0.1, -0.05) is 15.9 Å². The Balaban J connectivity index is 1.67. The first-order valence-electron chi connectivity index (χ1n) is 9.10. The first-order chi connectivity index (χ1) is 13.8. The molecule has 1 aliphatic rings. The molecule has 0 atom stereocenters. The van der Waals surface area contributed by atoms with Gasteiger partial charge >= 0.3 is 0 Å². The zero-order valence-electron chi connectivity index (χ0n) is 15.6. The lowest BCUT2D eigenvalue weighted by molar-refractivity contribution is 0.0776. The topological polar surface area (TPSA) is 38.1 Å². The van der Waals surface area contributed by atoms with Crippen LogP contribution in [0.4, 0.5) is 13.2 Å². The molecule has 4 rings (SSSR count). The Bertz CT molecular complexity index is 1110. The Morgan fingerprint density at radius 1 is 1.10 bits per heavy atom. The van der Waals surface area contributed by atoms with Crippen molar-refractivity contribution in [3.05, 3.63) is 80.8 Å². The first kappa shape index (κ1) is 19.7. The fourth-order valence-corrected chi connectivity index (χ4v) is 4.02. The second-order valence-electron chi connectivity index (χ2n) is 7.03. The molecule has 0 saturated heterocycles. The van der Waals surface area contributed by atoms with Crippen LogP contribution in [0.2, 0.25) is 0 Å². The molecular formula is C21H17BrF3N3O. The number of rotatable bonds is 4. The molecule has 150 valence electrons. The number of aromatic nitrogens is 2. The third kappa shape index (κ3) is 3.69. The first-order valence-corrected chi connectivity index (χ1v) is 9.90. The molecule has 1 aromatic heterocycles. The fourth-order valence-electron chi connectivity index (χ4n) is 3.61. The molecule has 0 radical (unpaired) electrons. The molecule has 0 N–H and O–H groups in total. The van der Waals surface area contributed by atoms with Crippen molar-refractivity contribution >= 4 is 21.8 Å². The number of fused-ring (bicyclic) bond motifs is 1. The maximum Gasteiger partial charge on any atom is 0.274 e. The quantitative estimate of drug-likeness (QED) is 0.556. The van der Waals surface area contributed by atoms with Crippen LogP contribution in [-0.2, 0) is 19.4 Å². The van der Waals surface area contributed by atoms with E-state index in [-0.39, 0.29) is 18.1 Å². The van der Waals surface area contributed by atoms with Crippen LogP contribution < -0.4 is 0 Å². The molecule has 8 heteroatoms. The van der Waals surface area contributed by atoms with Crippen LogP contribution in [0, 0.1) is 17.5 Å². The van der Waals surface area contributed by atoms with E-state index in [1.807, 2.05) is 0 Å². The predicted molar refractivity (Wildman–Crippen MR) is 105 cm³/mol. The van der Waals surface area contributed by atoms with Crippen molar-refractivity contribution < 1.29 is 18.0 Å². The van der Waals surface area contributed by atoms with E-state index in [0.29, 0.717) is 24.1 Å². The van der Waals surface area contributed by atoms with Crippen molar-refractivity contribution in [2.75, 3.05) is 7.05 Å². The lowest BCUT2D eigenvalue weighted by Crippen LogP contribution is -2.28. The largest absolute Gasteiger partial charge is 0.336 e. The maximum absolute atomic E-state index is 14.1. The normalized spacial score (nSPS) is 12.9. The minimum Gasteiger partial charge on any atom is -0.336 e. The van der Waals surface area contributed by atoms with Crippen molar-refractivity contribution in [1.29, 1.82) is 0 Å². The number of carbonyl (C=O) groups excluding carboxylic acids is 1. The Morgan fingerprint density at radius 3 is 2.62 bits per heavy atom. The van der Waals surface area contributed by atoms with Crippen LogP contribution in [0.3, 0.4) is 0 Å². The molecule has 1 amide bonds. The third-order valence-electron chi connectivity index (χ3n) is 5.04. The van der Waals surface area contributed by atoms with Crippen molar-refractivity contribution in [2.24, 2.45) is 0 Å². The molecule has 29 heavy (non-hydrogen) atoms. The van der Waals surface area contributed by atoms with Gasteiger partial charge in [-0.15, -0.1) is 0 Å². The van der Waals surface area contributed by atoms with Gasteiger partial charge in [-0.25, -0.2) is 17.9 Å². The summed E-state index contributed by atoms with van der Waals surface area (Å²) in [7, 11) is 1.58. The fraction of sp³-hybridized carbons (Fsp3) is 0.238. The summed E-state index contributed by atoms with van der Waals surface area (Å²) in [6.07, 6.45) is 2.22. The average Bonchev–Trinajstić information content (AvgIpc) is 3.29. The molecule has 1 aliphatic carbocycles. The number of benzene rings is 2. The van der Waals surface area contributed by atoms with Gasteiger partial charge < -0.3 is 4.90 Å². The minimum absolute atomic E-state index is 0.0803. The summed E-state index contributed by atoms with van der Waals surface area (Å²) in [5.74, 6) is -2.65. The Kier molecular flexibility index (Phi) is 5.21. The van der Waals surface area contributed by atoms with E-state index < -0.39 is 17.5 Å². The van der Waals surface area contributed by atoms with E-state index in [9.17, 15) is 18.0 Å². The van der Waals surface area contributed by atoms with Crippen LogP contribution in [0.1, 0.15) is 33.7 Å². The molecule has 0 saturated carbocycles. The molecule has 0 aliphatic heterocycles. The van der Waals surface area contributed by atoms with Gasteiger partial charge in [0, 0.05) is 41.0 Å². The molecule has 0 bridgehead atoms. The molecule has 0 unspecified atom stereocenters. The molecule has 1 heterocycles. The van der Waals surface area contributed by atoms with Gasteiger partial charge in [-0.3, -0.25) is 4.79 Å². The second-order valence-corrected chi connectivity index (χ2v) is 7.95. The Hall–Kier alpha value is -2.61.